The molecular formula is C17H21Cl2F3N4O. The van der Waals surface area contributed by atoms with Crippen LogP contribution in [0.15, 0.2) is 36.7 Å². The monoisotopic (exact) mass is 424 g/mol. The van der Waals surface area contributed by atoms with Gasteiger partial charge in [-0.2, -0.15) is 13.2 Å². The summed E-state index contributed by atoms with van der Waals surface area (Å²) in [5, 5.41) is 6.92. The van der Waals surface area contributed by atoms with Gasteiger partial charge in [-0.3, -0.25) is 14.7 Å². The minimum Gasteiger partial charge on any atom is -0.350 e. The average Bonchev–Trinajstić information content (AvgIpc) is 2.61. The van der Waals surface area contributed by atoms with Crippen molar-refractivity contribution >= 4 is 41.5 Å². The lowest BCUT2D eigenvalue weighted by atomic mass is 10.1. The zero-order chi connectivity index (χ0) is 17.9. The number of alkyl halides is 3. The third-order valence-electron chi connectivity index (χ3n) is 4.35. The molecule has 1 atom stereocenters. The number of benzene rings is 1. The molecule has 150 valence electrons. The normalized spacial score (nSPS) is 16.1. The van der Waals surface area contributed by atoms with Gasteiger partial charge in [0.2, 0.25) is 0 Å². The molecule has 5 nitrogen and oxygen atoms in total. The van der Waals surface area contributed by atoms with E-state index in [0.29, 0.717) is 37.1 Å². The van der Waals surface area contributed by atoms with E-state index in [1.54, 1.807) is 36.7 Å². The van der Waals surface area contributed by atoms with Crippen molar-refractivity contribution < 1.29 is 18.0 Å². The van der Waals surface area contributed by atoms with E-state index >= 15 is 0 Å². The van der Waals surface area contributed by atoms with Crippen LogP contribution in [0.25, 0.3) is 10.8 Å². The van der Waals surface area contributed by atoms with Gasteiger partial charge in [0.1, 0.15) is 6.04 Å². The van der Waals surface area contributed by atoms with E-state index < -0.39 is 24.7 Å². The van der Waals surface area contributed by atoms with Crippen LogP contribution in [-0.4, -0.2) is 60.7 Å². The molecule has 27 heavy (non-hydrogen) atoms. The molecule has 1 unspecified atom stereocenters. The Hall–Kier alpha value is -1.61. The van der Waals surface area contributed by atoms with E-state index in [1.807, 2.05) is 0 Å². The Labute approximate surface area is 167 Å². The van der Waals surface area contributed by atoms with Crippen molar-refractivity contribution in [1.82, 2.24) is 20.5 Å². The number of nitrogens with zero attached hydrogens (tertiary/aromatic N) is 2. The Balaban J connectivity index is 0.00000182. The summed E-state index contributed by atoms with van der Waals surface area (Å²) in [6.45, 7) is 1.16. The van der Waals surface area contributed by atoms with Gasteiger partial charge < -0.3 is 10.6 Å². The smallest absolute Gasteiger partial charge is 0.350 e. The van der Waals surface area contributed by atoms with E-state index in [-0.39, 0.29) is 24.8 Å². The molecule has 0 radical (unpaired) electrons. The van der Waals surface area contributed by atoms with Crippen molar-refractivity contribution in [2.75, 3.05) is 32.7 Å². The van der Waals surface area contributed by atoms with Crippen molar-refractivity contribution in [2.24, 2.45) is 0 Å². The minimum absolute atomic E-state index is 0. The summed E-state index contributed by atoms with van der Waals surface area (Å²) < 4.78 is 40.2. The Kier molecular flexibility index (Phi) is 8.74. The first-order valence-electron chi connectivity index (χ1n) is 8.09. The number of pyridine rings is 1. The fourth-order valence-electron chi connectivity index (χ4n) is 3.05. The van der Waals surface area contributed by atoms with E-state index in [4.69, 9.17) is 0 Å². The fraction of sp³-hybridized carbons (Fsp3) is 0.412. The van der Waals surface area contributed by atoms with Crippen LogP contribution < -0.4 is 10.6 Å². The molecule has 1 aliphatic heterocycles. The number of hydrogen-bond donors (Lipinski definition) is 2. The van der Waals surface area contributed by atoms with Gasteiger partial charge in [0.25, 0.3) is 5.91 Å². The maximum Gasteiger partial charge on any atom is 0.405 e. The topological polar surface area (TPSA) is 57.3 Å². The van der Waals surface area contributed by atoms with Crippen molar-refractivity contribution in [3.05, 3.63) is 42.2 Å². The number of fused-ring (bicyclic) bond motifs is 1. The zero-order valence-electron chi connectivity index (χ0n) is 14.3. The van der Waals surface area contributed by atoms with Crippen LogP contribution in [0.3, 0.4) is 0 Å². The molecule has 0 bridgehead atoms. The van der Waals surface area contributed by atoms with Gasteiger partial charge in [0.15, 0.2) is 0 Å². The SMILES string of the molecule is Cl.Cl.O=C(NCC(N1CCNCC1)C(F)(F)F)c1cccc2cnccc12. The van der Waals surface area contributed by atoms with Crippen molar-refractivity contribution in [3.8, 4) is 0 Å². The number of hydrogen-bond acceptors (Lipinski definition) is 4. The molecule has 2 N–H and O–H groups in total. The highest BCUT2D eigenvalue weighted by molar-refractivity contribution is 6.06. The van der Waals surface area contributed by atoms with Crippen molar-refractivity contribution in [2.45, 2.75) is 12.2 Å². The largest absolute Gasteiger partial charge is 0.405 e. The lowest BCUT2D eigenvalue weighted by Gasteiger charge is -2.35. The Morgan fingerprint density at radius 1 is 1.22 bits per heavy atom. The standard InChI is InChI=1S/C17H19F3N4O.2ClH/c18-17(19,20)15(24-8-6-21-7-9-24)11-23-16(25)14-3-1-2-12-10-22-5-4-13(12)14;;/h1-5,10,15,21H,6-9,11H2,(H,23,25);2*1H. The summed E-state index contributed by atoms with van der Waals surface area (Å²) >= 11 is 0. The van der Waals surface area contributed by atoms with E-state index in [9.17, 15) is 18.0 Å². The van der Waals surface area contributed by atoms with Gasteiger partial charge in [-0.25, -0.2) is 0 Å². The molecule has 0 saturated carbocycles. The first-order valence-corrected chi connectivity index (χ1v) is 8.09. The molecule has 2 heterocycles. The molecule has 0 aliphatic carbocycles. The predicted octanol–water partition coefficient (Wildman–Crippen LogP) is 2.64. The number of halogens is 5. The number of nitrogens with one attached hydrogen (secondary N) is 2. The highest BCUT2D eigenvalue weighted by Crippen LogP contribution is 2.25. The van der Waals surface area contributed by atoms with Crippen molar-refractivity contribution in [3.63, 3.8) is 0 Å². The Morgan fingerprint density at radius 2 is 1.93 bits per heavy atom. The van der Waals surface area contributed by atoms with Crippen LogP contribution in [0.4, 0.5) is 13.2 Å². The third-order valence-corrected chi connectivity index (χ3v) is 4.35. The van der Waals surface area contributed by atoms with Crippen LogP contribution >= 0.6 is 24.8 Å². The molecule has 1 aromatic carbocycles. The predicted molar refractivity (Wildman–Crippen MR) is 103 cm³/mol. The molecule has 1 amide bonds. The summed E-state index contributed by atoms with van der Waals surface area (Å²) in [7, 11) is 0. The van der Waals surface area contributed by atoms with Gasteiger partial charge in [-0.15, -0.1) is 24.8 Å². The van der Waals surface area contributed by atoms with Crippen molar-refractivity contribution in [1.29, 1.82) is 0 Å². The molecule has 0 spiro atoms. The summed E-state index contributed by atoms with van der Waals surface area (Å²) in [5.41, 5.74) is 0.348. The third kappa shape index (κ3) is 5.68. The van der Waals surface area contributed by atoms with E-state index in [2.05, 4.69) is 15.6 Å². The highest BCUT2D eigenvalue weighted by atomic mass is 35.5. The second-order valence-electron chi connectivity index (χ2n) is 5.96. The second-order valence-corrected chi connectivity index (χ2v) is 5.96. The fourth-order valence-corrected chi connectivity index (χ4v) is 3.05. The lowest BCUT2D eigenvalue weighted by molar-refractivity contribution is -0.183. The quantitative estimate of drug-likeness (QED) is 0.791. The van der Waals surface area contributed by atoms with Gasteiger partial charge in [-0.05, 0) is 17.5 Å². The van der Waals surface area contributed by atoms with Crippen LogP contribution in [-0.2, 0) is 0 Å². The van der Waals surface area contributed by atoms with Gasteiger partial charge in [0, 0.05) is 56.1 Å². The minimum atomic E-state index is -4.40. The Morgan fingerprint density at radius 3 is 2.59 bits per heavy atom. The molecular weight excluding hydrogens is 404 g/mol. The molecule has 3 rings (SSSR count). The molecule has 1 aromatic heterocycles. The molecule has 1 fully saturated rings. The summed E-state index contributed by atoms with van der Waals surface area (Å²) in [6, 6.07) is 5.09. The number of rotatable bonds is 4. The second kappa shape index (κ2) is 10.1. The number of piperazine rings is 1. The zero-order valence-corrected chi connectivity index (χ0v) is 16.0. The first-order chi connectivity index (χ1) is 12.0. The maximum atomic E-state index is 13.4. The molecule has 10 heteroatoms. The van der Waals surface area contributed by atoms with E-state index in [1.165, 1.54) is 4.90 Å². The number of aromatic nitrogens is 1. The molecule has 1 aliphatic rings. The van der Waals surface area contributed by atoms with Gasteiger partial charge in [0.05, 0.1) is 0 Å². The van der Waals surface area contributed by atoms with Crippen LogP contribution in [0.5, 0.6) is 0 Å². The van der Waals surface area contributed by atoms with Crippen LogP contribution in [0, 0.1) is 0 Å². The van der Waals surface area contributed by atoms with Gasteiger partial charge >= 0.3 is 6.18 Å². The van der Waals surface area contributed by atoms with E-state index in [0.717, 1.165) is 5.39 Å². The first kappa shape index (κ1) is 23.4. The molecule has 2 aromatic rings. The summed E-state index contributed by atoms with van der Waals surface area (Å²) in [6.07, 6.45) is -1.23. The average molecular weight is 425 g/mol. The summed E-state index contributed by atoms with van der Waals surface area (Å²) in [4.78, 5) is 17.8. The highest BCUT2D eigenvalue weighted by Gasteiger charge is 2.43. The number of amides is 1. The number of carbonyl (C=O) groups is 1. The van der Waals surface area contributed by atoms with Crippen LogP contribution in [0.2, 0.25) is 0 Å². The Bertz CT molecular complexity index is 749. The lowest BCUT2D eigenvalue weighted by Crippen LogP contribution is -2.57. The van der Waals surface area contributed by atoms with Gasteiger partial charge in [-0.1, -0.05) is 12.1 Å². The maximum absolute atomic E-state index is 13.4. The summed E-state index contributed by atoms with van der Waals surface area (Å²) in [5.74, 6) is -0.513. The van der Waals surface area contributed by atoms with Crippen LogP contribution in [0.1, 0.15) is 10.4 Å². The number of carbonyl (C=O) groups excluding carboxylic acids is 1. The molecule has 1 saturated heterocycles.